The molecule has 0 aromatic heterocycles. The normalized spacial score (nSPS) is 22.9. The molecular weight excluding hydrogens is 258 g/mol. The van der Waals surface area contributed by atoms with Crippen molar-refractivity contribution in [3.63, 3.8) is 0 Å². The van der Waals surface area contributed by atoms with Crippen LogP contribution in [0, 0.1) is 13.8 Å². The third-order valence-electron chi connectivity index (χ3n) is 3.75. The number of nitrogens with zero attached hydrogens (tertiary/aromatic N) is 1. The first-order chi connectivity index (χ1) is 9.47. The van der Waals surface area contributed by atoms with Crippen LogP contribution in [-0.2, 0) is 14.3 Å². The molecule has 0 saturated carbocycles. The Morgan fingerprint density at radius 2 is 2.00 bits per heavy atom. The molecule has 5 nitrogen and oxygen atoms in total. The van der Waals surface area contributed by atoms with E-state index in [1.807, 2.05) is 39.0 Å². The summed E-state index contributed by atoms with van der Waals surface area (Å²) in [5.41, 5.74) is 2.81. The van der Waals surface area contributed by atoms with Gasteiger partial charge in [-0.25, -0.2) is 4.79 Å². The van der Waals surface area contributed by atoms with E-state index in [1.54, 1.807) is 4.90 Å². The summed E-state index contributed by atoms with van der Waals surface area (Å²) in [6, 6.07) is 5.20. The second kappa shape index (κ2) is 5.63. The predicted molar refractivity (Wildman–Crippen MR) is 73.4 cm³/mol. The van der Waals surface area contributed by atoms with Gasteiger partial charge in [0.05, 0.1) is 6.04 Å². The van der Waals surface area contributed by atoms with Crippen molar-refractivity contribution in [3.8, 4) is 0 Å². The molecule has 5 heteroatoms. The van der Waals surface area contributed by atoms with Gasteiger partial charge in [0.15, 0.2) is 6.10 Å². The maximum Gasteiger partial charge on any atom is 0.335 e. The average molecular weight is 277 g/mol. The lowest BCUT2D eigenvalue weighted by atomic mass is 9.90. The number of ether oxygens (including phenoxy) is 1. The van der Waals surface area contributed by atoms with Crippen LogP contribution < -0.4 is 0 Å². The first kappa shape index (κ1) is 14.5. The van der Waals surface area contributed by atoms with Crippen LogP contribution in [0.5, 0.6) is 0 Å². The standard InChI is InChI=1S/C15H19NO4/c1-4-16-11(17)8-20-14(15(18)19)13(16)12-9(2)6-5-7-10(12)3/h5-7,13-14H,4,8H2,1-3H3,(H,18,19). The van der Waals surface area contributed by atoms with Gasteiger partial charge in [0.2, 0.25) is 5.91 Å². The molecule has 2 rings (SSSR count). The van der Waals surface area contributed by atoms with Gasteiger partial charge < -0.3 is 14.7 Å². The van der Waals surface area contributed by atoms with Crippen LogP contribution in [0.4, 0.5) is 0 Å². The van der Waals surface area contributed by atoms with Gasteiger partial charge >= 0.3 is 5.97 Å². The first-order valence-corrected chi connectivity index (χ1v) is 6.67. The number of carboxylic acids is 1. The quantitative estimate of drug-likeness (QED) is 0.912. The Morgan fingerprint density at radius 1 is 1.40 bits per heavy atom. The summed E-state index contributed by atoms with van der Waals surface area (Å²) in [6.07, 6.45) is -1.02. The number of rotatable bonds is 3. The molecule has 1 aromatic carbocycles. The van der Waals surface area contributed by atoms with Crippen LogP contribution in [0.1, 0.15) is 29.7 Å². The number of amides is 1. The van der Waals surface area contributed by atoms with Gasteiger partial charge in [-0.15, -0.1) is 0 Å². The largest absolute Gasteiger partial charge is 0.479 e. The summed E-state index contributed by atoms with van der Waals surface area (Å²) in [6.45, 7) is 5.99. The van der Waals surface area contributed by atoms with E-state index in [9.17, 15) is 14.7 Å². The zero-order chi connectivity index (χ0) is 14.9. The lowest BCUT2D eigenvalue weighted by Crippen LogP contribution is -2.52. The van der Waals surface area contributed by atoms with E-state index in [0.29, 0.717) is 6.54 Å². The van der Waals surface area contributed by atoms with Crippen LogP contribution in [0.25, 0.3) is 0 Å². The number of aliphatic carboxylic acids is 1. The molecule has 0 radical (unpaired) electrons. The van der Waals surface area contributed by atoms with Crippen LogP contribution >= 0.6 is 0 Å². The summed E-state index contributed by atoms with van der Waals surface area (Å²) in [4.78, 5) is 25.1. The molecular formula is C15H19NO4. The minimum Gasteiger partial charge on any atom is -0.479 e. The van der Waals surface area contributed by atoms with Gasteiger partial charge in [-0.2, -0.15) is 0 Å². The number of morpholine rings is 1. The zero-order valence-corrected chi connectivity index (χ0v) is 11.9. The number of carbonyl (C=O) groups excluding carboxylic acids is 1. The SMILES string of the molecule is CCN1C(=O)COC(C(=O)O)C1c1c(C)cccc1C. The monoisotopic (exact) mass is 277 g/mol. The van der Waals surface area contributed by atoms with Crippen molar-refractivity contribution in [3.05, 3.63) is 34.9 Å². The lowest BCUT2D eigenvalue weighted by molar-refractivity contribution is -0.172. The summed E-state index contributed by atoms with van der Waals surface area (Å²) in [7, 11) is 0. The fourth-order valence-corrected chi connectivity index (χ4v) is 2.83. The second-order valence-corrected chi connectivity index (χ2v) is 5.00. The molecule has 0 spiro atoms. The predicted octanol–water partition coefficient (Wildman–Crippen LogP) is 1.68. The molecule has 0 bridgehead atoms. The highest BCUT2D eigenvalue weighted by Crippen LogP contribution is 2.34. The maximum absolute atomic E-state index is 12.0. The molecule has 1 fully saturated rings. The van der Waals surface area contributed by atoms with E-state index in [4.69, 9.17) is 4.74 Å². The van der Waals surface area contributed by atoms with E-state index in [0.717, 1.165) is 16.7 Å². The van der Waals surface area contributed by atoms with Crippen molar-refractivity contribution in [1.29, 1.82) is 0 Å². The highest BCUT2D eigenvalue weighted by atomic mass is 16.5. The average Bonchev–Trinajstić information content (AvgIpc) is 2.38. The van der Waals surface area contributed by atoms with Gasteiger partial charge in [-0.1, -0.05) is 18.2 Å². The molecule has 0 aliphatic carbocycles. The van der Waals surface area contributed by atoms with Gasteiger partial charge in [0.1, 0.15) is 6.61 Å². The molecule has 1 aromatic rings. The number of hydrogen-bond acceptors (Lipinski definition) is 3. The fourth-order valence-electron chi connectivity index (χ4n) is 2.83. The third-order valence-corrected chi connectivity index (χ3v) is 3.75. The Morgan fingerprint density at radius 3 is 2.50 bits per heavy atom. The summed E-state index contributed by atoms with van der Waals surface area (Å²) in [5.74, 6) is -1.21. The Bertz CT molecular complexity index is 518. The molecule has 1 saturated heterocycles. The molecule has 108 valence electrons. The molecule has 1 heterocycles. The van der Waals surface area contributed by atoms with Gasteiger partial charge in [-0.05, 0) is 37.5 Å². The Balaban J connectivity index is 2.56. The van der Waals surface area contributed by atoms with Crippen molar-refractivity contribution in [2.24, 2.45) is 0 Å². The van der Waals surface area contributed by atoms with Gasteiger partial charge in [-0.3, -0.25) is 4.79 Å². The number of carbonyl (C=O) groups is 2. The topological polar surface area (TPSA) is 66.8 Å². The van der Waals surface area contributed by atoms with Crippen molar-refractivity contribution in [2.75, 3.05) is 13.2 Å². The molecule has 1 aliphatic heterocycles. The van der Waals surface area contributed by atoms with Crippen LogP contribution in [0.3, 0.4) is 0 Å². The maximum atomic E-state index is 12.0. The highest BCUT2D eigenvalue weighted by Gasteiger charge is 2.42. The number of hydrogen-bond donors (Lipinski definition) is 1. The molecule has 2 atom stereocenters. The third kappa shape index (κ3) is 2.41. The van der Waals surface area contributed by atoms with Crippen molar-refractivity contribution in [2.45, 2.75) is 32.9 Å². The van der Waals surface area contributed by atoms with E-state index in [1.165, 1.54) is 0 Å². The molecule has 1 aliphatic rings. The lowest BCUT2D eigenvalue weighted by Gasteiger charge is -2.40. The Hall–Kier alpha value is -1.88. The van der Waals surface area contributed by atoms with E-state index < -0.39 is 18.1 Å². The van der Waals surface area contributed by atoms with E-state index >= 15 is 0 Å². The van der Waals surface area contributed by atoms with Crippen molar-refractivity contribution in [1.82, 2.24) is 4.90 Å². The van der Waals surface area contributed by atoms with E-state index in [2.05, 4.69) is 0 Å². The van der Waals surface area contributed by atoms with Crippen LogP contribution in [0.2, 0.25) is 0 Å². The highest BCUT2D eigenvalue weighted by molar-refractivity contribution is 5.83. The van der Waals surface area contributed by atoms with Gasteiger partial charge in [0, 0.05) is 6.54 Å². The Labute approximate surface area is 118 Å². The Kier molecular flexibility index (Phi) is 4.09. The first-order valence-electron chi connectivity index (χ1n) is 6.67. The van der Waals surface area contributed by atoms with E-state index in [-0.39, 0.29) is 12.5 Å². The number of likely N-dealkylation sites (N-methyl/N-ethyl adjacent to an activating group) is 1. The zero-order valence-electron chi connectivity index (χ0n) is 11.9. The molecule has 1 N–H and O–H groups in total. The van der Waals surface area contributed by atoms with Crippen LogP contribution in [0.15, 0.2) is 18.2 Å². The van der Waals surface area contributed by atoms with Crippen molar-refractivity contribution >= 4 is 11.9 Å². The fraction of sp³-hybridized carbons (Fsp3) is 0.467. The smallest absolute Gasteiger partial charge is 0.335 e. The summed E-state index contributed by atoms with van der Waals surface area (Å²) < 4.78 is 5.27. The minimum absolute atomic E-state index is 0.169. The second-order valence-electron chi connectivity index (χ2n) is 5.00. The number of aryl methyl sites for hydroxylation is 2. The van der Waals surface area contributed by atoms with Crippen LogP contribution in [-0.4, -0.2) is 41.1 Å². The van der Waals surface area contributed by atoms with Crippen molar-refractivity contribution < 1.29 is 19.4 Å². The molecule has 20 heavy (non-hydrogen) atoms. The van der Waals surface area contributed by atoms with Gasteiger partial charge in [0.25, 0.3) is 0 Å². The molecule has 1 amide bonds. The summed E-state index contributed by atoms with van der Waals surface area (Å²) in [5, 5.41) is 9.39. The molecule has 2 unspecified atom stereocenters. The summed E-state index contributed by atoms with van der Waals surface area (Å²) >= 11 is 0. The number of benzene rings is 1. The number of carboxylic acid groups (broad SMARTS) is 1. The minimum atomic E-state index is -1.04.